The van der Waals surface area contributed by atoms with Gasteiger partial charge in [-0.25, -0.2) is 0 Å². The molecule has 0 saturated heterocycles. The number of aryl methyl sites for hydroxylation is 1. The molecule has 1 fully saturated rings. The van der Waals surface area contributed by atoms with Crippen molar-refractivity contribution in [1.82, 2.24) is 25.1 Å². The first kappa shape index (κ1) is 14.2. The summed E-state index contributed by atoms with van der Waals surface area (Å²) >= 11 is 0. The van der Waals surface area contributed by atoms with Gasteiger partial charge in [-0.15, -0.1) is 10.2 Å². The van der Waals surface area contributed by atoms with E-state index in [0.717, 1.165) is 37.5 Å². The summed E-state index contributed by atoms with van der Waals surface area (Å²) in [4.78, 5) is 16.1. The van der Waals surface area contributed by atoms with Crippen molar-refractivity contribution in [1.29, 1.82) is 0 Å². The molecular weight excluding hydrogens is 294 g/mol. The molecule has 1 aliphatic heterocycles. The standard InChI is InChI=1S/C16H19N5O2/c22-13-7-11(8-17-9-13)16(23)18-12-3-4-14-19-20-15(10-1-2-10)21(14)6-5-12/h7-10,12,22H,1-6H2,(H,18,23). The molecule has 0 spiro atoms. The maximum absolute atomic E-state index is 12.3. The maximum atomic E-state index is 12.3. The largest absolute Gasteiger partial charge is 0.506 e. The summed E-state index contributed by atoms with van der Waals surface area (Å²) in [5, 5.41) is 21.1. The summed E-state index contributed by atoms with van der Waals surface area (Å²) in [5.41, 5.74) is 0.382. The number of hydrogen-bond acceptors (Lipinski definition) is 5. The molecule has 0 radical (unpaired) electrons. The molecule has 7 nitrogen and oxygen atoms in total. The van der Waals surface area contributed by atoms with Crippen LogP contribution in [-0.2, 0) is 13.0 Å². The van der Waals surface area contributed by atoms with Crippen molar-refractivity contribution < 1.29 is 9.90 Å². The Labute approximate surface area is 133 Å². The Hall–Kier alpha value is -2.44. The van der Waals surface area contributed by atoms with E-state index in [1.54, 1.807) is 0 Å². The summed E-state index contributed by atoms with van der Waals surface area (Å²) in [6.07, 6.45) is 7.73. The van der Waals surface area contributed by atoms with Gasteiger partial charge in [-0.2, -0.15) is 0 Å². The van der Waals surface area contributed by atoms with Gasteiger partial charge in [0.15, 0.2) is 0 Å². The lowest BCUT2D eigenvalue weighted by molar-refractivity contribution is 0.0932. The topological polar surface area (TPSA) is 92.9 Å². The number of fused-ring (bicyclic) bond motifs is 1. The van der Waals surface area contributed by atoms with Crippen LogP contribution in [-0.4, -0.2) is 36.8 Å². The molecule has 2 N–H and O–H groups in total. The number of aromatic hydroxyl groups is 1. The lowest BCUT2D eigenvalue weighted by Gasteiger charge is -2.16. The monoisotopic (exact) mass is 313 g/mol. The van der Waals surface area contributed by atoms with Crippen LogP contribution in [0, 0.1) is 0 Å². The molecule has 2 aromatic rings. The quantitative estimate of drug-likeness (QED) is 0.893. The molecule has 2 aromatic heterocycles. The van der Waals surface area contributed by atoms with Crippen LogP contribution >= 0.6 is 0 Å². The zero-order valence-corrected chi connectivity index (χ0v) is 12.8. The highest BCUT2D eigenvalue weighted by atomic mass is 16.3. The smallest absolute Gasteiger partial charge is 0.253 e. The number of rotatable bonds is 3. The number of carbonyl (C=O) groups is 1. The van der Waals surface area contributed by atoms with E-state index in [-0.39, 0.29) is 17.7 Å². The predicted molar refractivity (Wildman–Crippen MR) is 82.1 cm³/mol. The van der Waals surface area contributed by atoms with Gasteiger partial charge in [-0.3, -0.25) is 9.78 Å². The van der Waals surface area contributed by atoms with Crippen LogP contribution in [0.2, 0.25) is 0 Å². The molecule has 1 unspecified atom stereocenters. The maximum Gasteiger partial charge on any atom is 0.253 e. The summed E-state index contributed by atoms with van der Waals surface area (Å²) in [6, 6.07) is 1.53. The van der Waals surface area contributed by atoms with E-state index in [1.807, 2.05) is 0 Å². The van der Waals surface area contributed by atoms with Gasteiger partial charge in [-0.1, -0.05) is 0 Å². The van der Waals surface area contributed by atoms with Gasteiger partial charge in [0, 0.05) is 31.1 Å². The third kappa shape index (κ3) is 2.91. The van der Waals surface area contributed by atoms with Crippen molar-refractivity contribution in [2.24, 2.45) is 0 Å². The molecule has 120 valence electrons. The lowest BCUT2D eigenvalue weighted by atomic mass is 10.1. The summed E-state index contributed by atoms with van der Waals surface area (Å²) < 4.78 is 2.24. The average Bonchev–Trinajstić information content (AvgIpc) is 3.34. The predicted octanol–water partition coefficient (Wildman–Crippen LogP) is 1.39. The van der Waals surface area contributed by atoms with Crippen molar-refractivity contribution >= 4 is 5.91 Å². The number of nitrogens with zero attached hydrogens (tertiary/aromatic N) is 4. The van der Waals surface area contributed by atoms with Gasteiger partial charge < -0.3 is 15.0 Å². The molecule has 1 aliphatic carbocycles. The fourth-order valence-corrected chi connectivity index (χ4v) is 3.12. The van der Waals surface area contributed by atoms with Gasteiger partial charge in [0.05, 0.1) is 11.8 Å². The highest BCUT2D eigenvalue weighted by molar-refractivity contribution is 5.94. The van der Waals surface area contributed by atoms with Gasteiger partial charge >= 0.3 is 0 Å². The second-order valence-electron chi connectivity index (χ2n) is 6.33. The van der Waals surface area contributed by atoms with Crippen LogP contribution in [0.1, 0.15) is 53.6 Å². The van der Waals surface area contributed by atoms with E-state index in [4.69, 9.17) is 0 Å². The minimum atomic E-state index is -0.196. The first-order chi connectivity index (χ1) is 11.2. The Bertz CT molecular complexity index is 738. The Balaban J connectivity index is 1.43. The van der Waals surface area contributed by atoms with Gasteiger partial charge in [0.1, 0.15) is 17.4 Å². The third-order valence-corrected chi connectivity index (χ3v) is 4.54. The summed E-state index contributed by atoms with van der Waals surface area (Å²) in [5.74, 6) is 2.53. The fraction of sp³-hybridized carbons (Fsp3) is 0.500. The highest BCUT2D eigenvalue weighted by Crippen LogP contribution is 2.39. The van der Waals surface area contributed by atoms with Crippen LogP contribution in [0.4, 0.5) is 0 Å². The molecule has 4 rings (SSSR count). The Kier molecular flexibility index (Phi) is 3.48. The molecule has 3 heterocycles. The molecule has 1 atom stereocenters. The minimum Gasteiger partial charge on any atom is -0.506 e. The van der Waals surface area contributed by atoms with E-state index in [2.05, 4.69) is 25.1 Å². The zero-order chi connectivity index (χ0) is 15.8. The SMILES string of the molecule is O=C(NC1CCc2nnc(C3CC3)n2CC1)c1cncc(O)c1. The van der Waals surface area contributed by atoms with Crippen LogP contribution in [0.15, 0.2) is 18.5 Å². The van der Waals surface area contributed by atoms with E-state index >= 15 is 0 Å². The third-order valence-electron chi connectivity index (χ3n) is 4.54. The van der Waals surface area contributed by atoms with E-state index in [9.17, 15) is 9.90 Å². The van der Waals surface area contributed by atoms with E-state index in [1.165, 1.54) is 31.3 Å². The minimum absolute atomic E-state index is 0.00111. The summed E-state index contributed by atoms with van der Waals surface area (Å²) in [7, 11) is 0. The molecule has 2 aliphatic rings. The van der Waals surface area contributed by atoms with Gasteiger partial charge in [-0.05, 0) is 31.7 Å². The number of carbonyl (C=O) groups excluding carboxylic acids is 1. The van der Waals surface area contributed by atoms with Gasteiger partial charge in [0.25, 0.3) is 5.91 Å². The average molecular weight is 313 g/mol. The van der Waals surface area contributed by atoms with Crippen molar-refractivity contribution in [3.8, 4) is 5.75 Å². The normalized spacial score (nSPS) is 20.6. The first-order valence-corrected chi connectivity index (χ1v) is 8.07. The molecule has 7 heteroatoms. The number of nitrogens with one attached hydrogen (secondary N) is 1. The fourth-order valence-electron chi connectivity index (χ4n) is 3.12. The number of pyridine rings is 1. The van der Waals surface area contributed by atoms with Crippen LogP contribution in [0.3, 0.4) is 0 Å². The van der Waals surface area contributed by atoms with E-state index in [0.29, 0.717) is 11.5 Å². The Morgan fingerprint density at radius 1 is 1.22 bits per heavy atom. The number of hydrogen-bond donors (Lipinski definition) is 2. The lowest BCUT2D eigenvalue weighted by Crippen LogP contribution is -2.35. The highest BCUT2D eigenvalue weighted by Gasteiger charge is 2.31. The molecule has 1 amide bonds. The van der Waals surface area contributed by atoms with Crippen molar-refractivity contribution in [2.75, 3.05) is 0 Å². The molecular formula is C16H19N5O2. The second-order valence-corrected chi connectivity index (χ2v) is 6.33. The number of amides is 1. The van der Waals surface area contributed by atoms with Crippen LogP contribution in [0.25, 0.3) is 0 Å². The molecule has 23 heavy (non-hydrogen) atoms. The number of aromatic nitrogens is 4. The Morgan fingerprint density at radius 3 is 2.87 bits per heavy atom. The van der Waals surface area contributed by atoms with Crippen molar-refractivity contribution in [3.05, 3.63) is 35.7 Å². The Morgan fingerprint density at radius 2 is 2.09 bits per heavy atom. The summed E-state index contributed by atoms with van der Waals surface area (Å²) in [6.45, 7) is 0.845. The first-order valence-electron chi connectivity index (χ1n) is 8.07. The molecule has 0 bridgehead atoms. The van der Waals surface area contributed by atoms with Crippen LogP contribution in [0.5, 0.6) is 5.75 Å². The van der Waals surface area contributed by atoms with Crippen LogP contribution < -0.4 is 5.32 Å². The molecule has 1 saturated carbocycles. The van der Waals surface area contributed by atoms with Crippen molar-refractivity contribution in [2.45, 2.75) is 50.6 Å². The van der Waals surface area contributed by atoms with Crippen molar-refractivity contribution in [3.63, 3.8) is 0 Å². The van der Waals surface area contributed by atoms with Gasteiger partial charge in [0.2, 0.25) is 0 Å². The van der Waals surface area contributed by atoms with E-state index < -0.39 is 0 Å². The molecule has 0 aromatic carbocycles. The second kappa shape index (κ2) is 5.64. The zero-order valence-electron chi connectivity index (χ0n) is 12.8.